The maximum absolute atomic E-state index is 12.1. The minimum Gasteiger partial charge on any atom is -0.306 e. The number of likely N-dealkylation sites (tertiary alicyclic amines) is 1. The third-order valence-electron chi connectivity index (χ3n) is 4.40. The van der Waals surface area contributed by atoms with Crippen molar-refractivity contribution in [3.8, 4) is 0 Å². The Labute approximate surface area is 119 Å². The van der Waals surface area contributed by atoms with E-state index in [1.54, 1.807) is 0 Å². The Morgan fingerprint density at radius 1 is 1.35 bits per heavy atom. The Morgan fingerprint density at radius 2 is 2.15 bits per heavy atom. The molecule has 1 aromatic carbocycles. The molecule has 0 amide bonds. The third-order valence-corrected chi connectivity index (χ3v) is 4.40. The van der Waals surface area contributed by atoms with Gasteiger partial charge in [-0.05, 0) is 51.3 Å². The van der Waals surface area contributed by atoms with Gasteiger partial charge in [-0.3, -0.25) is 4.57 Å². The van der Waals surface area contributed by atoms with E-state index in [-0.39, 0.29) is 5.69 Å². The highest BCUT2D eigenvalue weighted by Gasteiger charge is 2.23. The number of benzene rings is 1. The number of nitrogens with zero attached hydrogens (tertiary/aromatic N) is 2. The SMILES string of the molecule is CC(C)N1CCCC(Cn2c(=O)[nH]c3ccccc32)C1. The highest BCUT2D eigenvalue weighted by molar-refractivity contribution is 5.74. The lowest BCUT2D eigenvalue weighted by molar-refractivity contribution is 0.131. The Hall–Kier alpha value is -1.55. The molecule has 1 N–H and O–H groups in total. The van der Waals surface area contributed by atoms with Crippen LogP contribution in [0.5, 0.6) is 0 Å². The molecule has 0 aliphatic carbocycles. The molecule has 1 atom stereocenters. The molecule has 20 heavy (non-hydrogen) atoms. The number of hydrogen-bond donors (Lipinski definition) is 1. The second-order valence-corrected chi connectivity index (χ2v) is 6.15. The first-order valence-corrected chi connectivity index (χ1v) is 7.57. The van der Waals surface area contributed by atoms with E-state index in [0.29, 0.717) is 12.0 Å². The molecule has 1 unspecified atom stereocenters. The number of nitrogens with one attached hydrogen (secondary N) is 1. The van der Waals surface area contributed by atoms with Gasteiger partial charge in [-0.1, -0.05) is 12.1 Å². The number of aromatic amines is 1. The molecule has 1 fully saturated rings. The van der Waals surface area contributed by atoms with Crippen molar-refractivity contribution in [3.05, 3.63) is 34.7 Å². The van der Waals surface area contributed by atoms with Crippen LogP contribution in [-0.2, 0) is 6.54 Å². The number of imidazole rings is 1. The highest BCUT2D eigenvalue weighted by atomic mass is 16.1. The number of aromatic nitrogens is 2. The summed E-state index contributed by atoms with van der Waals surface area (Å²) in [7, 11) is 0. The fourth-order valence-corrected chi connectivity index (χ4v) is 3.26. The first-order chi connectivity index (χ1) is 9.65. The highest BCUT2D eigenvalue weighted by Crippen LogP contribution is 2.21. The Kier molecular flexibility index (Phi) is 3.66. The molecule has 4 heteroatoms. The lowest BCUT2D eigenvalue weighted by Gasteiger charge is -2.35. The molecule has 1 saturated heterocycles. The van der Waals surface area contributed by atoms with E-state index >= 15 is 0 Å². The summed E-state index contributed by atoms with van der Waals surface area (Å²) >= 11 is 0. The van der Waals surface area contributed by atoms with Crippen LogP contribution in [-0.4, -0.2) is 33.6 Å². The second-order valence-electron chi connectivity index (χ2n) is 6.15. The van der Waals surface area contributed by atoms with Crippen LogP contribution in [0, 0.1) is 5.92 Å². The topological polar surface area (TPSA) is 41.0 Å². The number of piperidine rings is 1. The van der Waals surface area contributed by atoms with Crippen molar-refractivity contribution in [2.45, 2.75) is 39.3 Å². The van der Waals surface area contributed by atoms with Gasteiger partial charge >= 0.3 is 5.69 Å². The number of fused-ring (bicyclic) bond motifs is 1. The average Bonchev–Trinajstić information content (AvgIpc) is 2.76. The number of hydrogen-bond acceptors (Lipinski definition) is 2. The summed E-state index contributed by atoms with van der Waals surface area (Å²) in [5.74, 6) is 0.572. The van der Waals surface area contributed by atoms with Gasteiger partial charge in [0.2, 0.25) is 0 Å². The minimum absolute atomic E-state index is 0.0212. The Bertz CT molecular complexity index is 640. The van der Waals surface area contributed by atoms with E-state index in [4.69, 9.17) is 0 Å². The molecule has 0 saturated carbocycles. The smallest absolute Gasteiger partial charge is 0.306 e. The van der Waals surface area contributed by atoms with Gasteiger partial charge in [-0.2, -0.15) is 0 Å². The first kappa shape index (κ1) is 13.4. The molecule has 1 aliphatic rings. The fraction of sp³-hybridized carbons (Fsp3) is 0.562. The maximum Gasteiger partial charge on any atom is 0.326 e. The summed E-state index contributed by atoms with van der Waals surface area (Å²) in [6.45, 7) is 7.62. The first-order valence-electron chi connectivity index (χ1n) is 7.57. The van der Waals surface area contributed by atoms with E-state index in [2.05, 4.69) is 23.7 Å². The largest absolute Gasteiger partial charge is 0.326 e. The zero-order valence-electron chi connectivity index (χ0n) is 12.3. The Morgan fingerprint density at radius 3 is 2.95 bits per heavy atom. The predicted octanol–water partition coefficient (Wildman–Crippen LogP) is 2.45. The summed E-state index contributed by atoms with van der Waals surface area (Å²) in [6, 6.07) is 8.54. The monoisotopic (exact) mass is 273 g/mol. The van der Waals surface area contributed by atoms with Crippen LogP contribution in [0.15, 0.2) is 29.1 Å². The van der Waals surface area contributed by atoms with Gasteiger partial charge in [-0.25, -0.2) is 4.79 Å². The van der Waals surface area contributed by atoms with E-state index < -0.39 is 0 Å². The molecule has 2 heterocycles. The van der Waals surface area contributed by atoms with Gasteiger partial charge in [0, 0.05) is 19.1 Å². The Balaban J connectivity index is 1.82. The van der Waals surface area contributed by atoms with Crippen molar-refractivity contribution in [1.82, 2.24) is 14.5 Å². The molecule has 0 spiro atoms. The average molecular weight is 273 g/mol. The van der Waals surface area contributed by atoms with Crippen molar-refractivity contribution < 1.29 is 0 Å². The molecule has 0 bridgehead atoms. The molecule has 108 valence electrons. The van der Waals surface area contributed by atoms with E-state index in [9.17, 15) is 4.79 Å². The van der Waals surface area contributed by atoms with Crippen molar-refractivity contribution in [2.75, 3.05) is 13.1 Å². The summed E-state index contributed by atoms with van der Waals surface area (Å²) < 4.78 is 1.91. The number of H-pyrrole nitrogens is 1. The molecule has 1 aromatic heterocycles. The maximum atomic E-state index is 12.1. The molecule has 3 rings (SSSR count). The van der Waals surface area contributed by atoms with Crippen LogP contribution < -0.4 is 5.69 Å². The van der Waals surface area contributed by atoms with E-state index in [1.807, 2.05) is 28.8 Å². The van der Waals surface area contributed by atoms with Crippen LogP contribution >= 0.6 is 0 Å². The van der Waals surface area contributed by atoms with Gasteiger partial charge in [-0.15, -0.1) is 0 Å². The van der Waals surface area contributed by atoms with Crippen LogP contribution in [0.4, 0.5) is 0 Å². The summed E-state index contributed by atoms with van der Waals surface area (Å²) in [4.78, 5) is 17.6. The predicted molar refractivity (Wildman–Crippen MR) is 82.0 cm³/mol. The zero-order chi connectivity index (χ0) is 14.1. The van der Waals surface area contributed by atoms with Gasteiger partial charge in [0.15, 0.2) is 0 Å². The van der Waals surface area contributed by atoms with Crippen LogP contribution in [0.2, 0.25) is 0 Å². The number of rotatable bonds is 3. The molecule has 2 aromatic rings. The summed E-state index contributed by atoms with van der Waals surface area (Å²) in [5.41, 5.74) is 1.99. The van der Waals surface area contributed by atoms with Crippen LogP contribution in [0.25, 0.3) is 11.0 Å². The molecule has 1 aliphatic heterocycles. The standard InChI is InChI=1S/C16H23N3O/c1-12(2)18-9-5-6-13(10-18)11-19-15-8-4-3-7-14(15)17-16(19)20/h3-4,7-8,12-13H,5-6,9-11H2,1-2H3,(H,17,20). The normalized spacial score (nSPS) is 20.9. The number of para-hydroxylation sites is 2. The van der Waals surface area contributed by atoms with Crippen LogP contribution in [0.1, 0.15) is 26.7 Å². The molecule has 0 radical (unpaired) electrons. The molecule has 4 nitrogen and oxygen atoms in total. The fourth-order valence-electron chi connectivity index (χ4n) is 3.26. The van der Waals surface area contributed by atoms with Crippen molar-refractivity contribution in [2.24, 2.45) is 5.92 Å². The summed E-state index contributed by atoms with van der Waals surface area (Å²) in [5, 5.41) is 0. The zero-order valence-corrected chi connectivity index (χ0v) is 12.3. The minimum atomic E-state index is 0.0212. The van der Waals surface area contributed by atoms with Crippen molar-refractivity contribution in [1.29, 1.82) is 0 Å². The summed E-state index contributed by atoms with van der Waals surface area (Å²) in [6.07, 6.45) is 2.45. The quantitative estimate of drug-likeness (QED) is 0.933. The van der Waals surface area contributed by atoms with Gasteiger partial charge in [0.05, 0.1) is 11.0 Å². The van der Waals surface area contributed by atoms with Crippen molar-refractivity contribution in [3.63, 3.8) is 0 Å². The van der Waals surface area contributed by atoms with Crippen molar-refractivity contribution >= 4 is 11.0 Å². The van der Waals surface area contributed by atoms with Gasteiger partial charge < -0.3 is 9.88 Å². The lowest BCUT2D eigenvalue weighted by atomic mass is 9.97. The molecular weight excluding hydrogens is 250 g/mol. The van der Waals surface area contributed by atoms with Gasteiger partial charge in [0.25, 0.3) is 0 Å². The van der Waals surface area contributed by atoms with E-state index in [0.717, 1.165) is 24.1 Å². The second kappa shape index (κ2) is 5.44. The van der Waals surface area contributed by atoms with Crippen LogP contribution in [0.3, 0.4) is 0 Å². The third kappa shape index (κ3) is 2.52. The van der Waals surface area contributed by atoms with Gasteiger partial charge in [0.1, 0.15) is 0 Å². The molecular formula is C16H23N3O. The lowest BCUT2D eigenvalue weighted by Crippen LogP contribution is -2.41. The van der Waals surface area contributed by atoms with E-state index in [1.165, 1.54) is 19.4 Å².